The van der Waals surface area contributed by atoms with Crippen molar-refractivity contribution in [2.24, 2.45) is 11.7 Å². The zero-order valence-corrected chi connectivity index (χ0v) is 19.4. The highest BCUT2D eigenvalue weighted by atomic mass is 16.5. The van der Waals surface area contributed by atoms with E-state index in [-0.39, 0.29) is 24.1 Å². The van der Waals surface area contributed by atoms with Gasteiger partial charge in [0.05, 0.1) is 22.8 Å². The van der Waals surface area contributed by atoms with Crippen LogP contribution in [0.5, 0.6) is 5.75 Å². The Bertz CT molecular complexity index is 1350. The summed E-state index contributed by atoms with van der Waals surface area (Å²) in [5.41, 5.74) is 8.62. The second-order valence-corrected chi connectivity index (χ2v) is 9.31. The maximum absolute atomic E-state index is 12.6. The largest absolute Gasteiger partial charge is 0.480 e. The van der Waals surface area contributed by atoms with Crippen molar-refractivity contribution in [3.05, 3.63) is 64.1 Å². The van der Waals surface area contributed by atoms with E-state index in [4.69, 9.17) is 10.5 Å². The van der Waals surface area contributed by atoms with Gasteiger partial charge in [0.15, 0.2) is 18.2 Å². The van der Waals surface area contributed by atoms with E-state index in [1.807, 2.05) is 18.2 Å². The molecule has 1 aromatic carbocycles. The summed E-state index contributed by atoms with van der Waals surface area (Å²) in [5, 5.41) is 16.5. The van der Waals surface area contributed by atoms with Crippen molar-refractivity contribution in [2.75, 3.05) is 11.9 Å². The van der Waals surface area contributed by atoms with E-state index in [2.05, 4.69) is 21.7 Å². The summed E-state index contributed by atoms with van der Waals surface area (Å²) in [7, 11) is 0. The third kappa shape index (κ3) is 5.04. The monoisotopic (exact) mass is 472 g/mol. The number of hydrogen-bond donors (Lipinski definition) is 3. The Morgan fingerprint density at radius 2 is 1.97 bits per heavy atom. The predicted molar refractivity (Wildman–Crippen MR) is 132 cm³/mol. The molecule has 1 aliphatic carbocycles. The van der Waals surface area contributed by atoms with Crippen LogP contribution in [0.2, 0.25) is 0 Å². The van der Waals surface area contributed by atoms with Crippen LogP contribution in [-0.2, 0) is 17.9 Å². The van der Waals surface area contributed by atoms with Crippen molar-refractivity contribution in [1.82, 2.24) is 14.9 Å². The van der Waals surface area contributed by atoms with Crippen LogP contribution in [0.3, 0.4) is 0 Å². The number of carbonyl (C=O) groups is 1. The fourth-order valence-corrected chi connectivity index (χ4v) is 5.01. The molecule has 3 aromatic rings. The van der Waals surface area contributed by atoms with Crippen LogP contribution >= 0.6 is 0 Å². The van der Waals surface area contributed by atoms with E-state index < -0.39 is 0 Å². The van der Waals surface area contributed by atoms with Gasteiger partial charge in [0.2, 0.25) is 0 Å². The summed E-state index contributed by atoms with van der Waals surface area (Å²) in [6.45, 7) is 1.06. The lowest BCUT2D eigenvalue weighted by Crippen LogP contribution is -2.42. The molecule has 0 radical (unpaired) electrons. The number of nitrogens with two attached hydrogens (primary N) is 1. The molecule has 0 saturated heterocycles. The number of pyridine rings is 2. The number of nitrogens with one attached hydrogen (secondary N) is 2. The molecule has 5 rings (SSSR count). The molecule has 180 valence electrons. The van der Waals surface area contributed by atoms with Gasteiger partial charge >= 0.3 is 0 Å². The van der Waals surface area contributed by atoms with Crippen molar-refractivity contribution in [3.8, 4) is 11.8 Å². The topological polar surface area (TPSA) is 135 Å². The normalized spacial score (nSPS) is 20.4. The van der Waals surface area contributed by atoms with E-state index in [0.29, 0.717) is 42.2 Å². The number of ether oxygens (including phenoxy) is 1. The summed E-state index contributed by atoms with van der Waals surface area (Å²) in [4.78, 5) is 28.6. The van der Waals surface area contributed by atoms with Gasteiger partial charge in [-0.3, -0.25) is 9.59 Å². The maximum atomic E-state index is 12.6. The molecule has 1 atom stereocenters. The number of hydrogen-bond acceptors (Lipinski definition) is 7. The lowest BCUT2D eigenvalue weighted by atomic mass is 9.81. The number of nitrogens with zero attached hydrogens (tertiary/aromatic N) is 3. The lowest BCUT2D eigenvalue weighted by molar-refractivity contribution is -0.118. The van der Waals surface area contributed by atoms with Crippen LogP contribution in [0.4, 0.5) is 5.82 Å². The first-order chi connectivity index (χ1) is 17.0. The molecular weight excluding hydrogens is 444 g/mol. The Kier molecular flexibility index (Phi) is 6.49. The number of anilines is 1. The minimum absolute atomic E-state index is 0.0215. The van der Waals surface area contributed by atoms with Gasteiger partial charge in [0, 0.05) is 31.2 Å². The van der Waals surface area contributed by atoms with Crippen LogP contribution in [0.25, 0.3) is 10.9 Å². The first-order valence-corrected chi connectivity index (χ1v) is 12.0. The Morgan fingerprint density at radius 1 is 1.17 bits per heavy atom. The third-order valence-electron chi connectivity index (χ3n) is 7.00. The van der Waals surface area contributed by atoms with Gasteiger partial charge in [-0.25, -0.2) is 4.98 Å². The smallest absolute Gasteiger partial charge is 0.263 e. The van der Waals surface area contributed by atoms with Crippen LogP contribution in [0.15, 0.2) is 47.3 Å². The number of fused-ring (bicyclic) bond motifs is 2. The Morgan fingerprint density at radius 3 is 2.77 bits per heavy atom. The standard InChI is InChI=1S/C26H28N6O3/c27-12-16-1-2-18-5-10-25(34)32(22(18)11-16)14-21(28)17-3-6-19(7-4-17)29-13-20-8-9-23-26(30-20)31-24(33)15-35-23/h1-2,5,8-11,17,19,21,29H,3-4,6-7,13-15,28H2,(H,30,31,33)/t17-,19-,21?. The molecule has 9 nitrogen and oxygen atoms in total. The van der Waals surface area contributed by atoms with E-state index in [1.54, 1.807) is 28.8 Å². The molecule has 3 heterocycles. The van der Waals surface area contributed by atoms with Crippen molar-refractivity contribution in [1.29, 1.82) is 5.26 Å². The Balaban J connectivity index is 1.17. The summed E-state index contributed by atoms with van der Waals surface area (Å²) in [6, 6.07) is 14.8. The van der Waals surface area contributed by atoms with Gasteiger partial charge in [-0.15, -0.1) is 0 Å². The van der Waals surface area contributed by atoms with Crippen LogP contribution in [0.1, 0.15) is 36.9 Å². The van der Waals surface area contributed by atoms with E-state index in [9.17, 15) is 14.9 Å². The van der Waals surface area contributed by atoms with Gasteiger partial charge in [0.25, 0.3) is 11.5 Å². The minimum Gasteiger partial charge on any atom is -0.480 e. The second kappa shape index (κ2) is 9.86. The SMILES string of the molecule is N#Cc1ccc2ccc(=O)n(CC(N)[C@H]3CC[C@H](NCc4ccc5c(n4)NC(=O)CO5)CC3)c2c1. The fourth-order valence-electron chi connectivity index (χ4n) is 5.01. The van der Waals surface area contributed by atoms with Gasteiger partial charge in [-0.05, 0) is 67.3 Å². The average Bonchev–Trinajstić information content (AvgIpc) is 2.88. The zero-order chi connectivity index (χ0) is 24.4. The molecule has 1 amide bonds. The lowest BCUT2D eigenvalue weighted by Gasteiger charge is -2.33. The molecule has 9 heteroatoms. The van der Waals surface area contributed by atoms with Gasteiger partial charge in [0.1, 0.15) is 0 Å². The molecule has 1 aliphatic heterocycles. The maximum Gasteiger partial charge on any atom is 0.263 e. The van der Waals surface area contributed by atoms with Gasteiger partial charge < -0.3 is 25.7 Å². The highest BCUT2D eigenvalue weighted by Crippen LogP contribution is 2.28. The molecule has 1 saturated carbocycles. The third-order valence-corrected chi connectivity index (χ3v) is 7.00. The van der Waals surface area contributed by atoms with Crippen LogP contribution in [0, 0.1) is 17.2 Å². The van der Waals surface area contributed by atoms with Gasteiger partial charge in [-0.2, -0.15) is 5.26 Å². The van der Waals surface area contributed by atoms with Crippen molar-refractivity contribution < 1.29 is 9.53 Å². The van der Waals surface area contributed by atoms with Crippen molar-refractivity contribution >= 4 is 22.6 Å². The van der Waals surface area contributed by atoms with Crippen LogP contribution < -0.4 is 26.7 Å². The Hall–Kier alpha value is -3.74. The van der Waals surface area contributed by atoms with E-state index in [1.165, 1.54) is 0 Å². The molecule has 2 aliphatic rings. The molecule has 0 spiro atoms. The van der Waals surface area contributed by atoms with Crippen molar-refractivity contribution in [2.45, 2.75) is 50.9 Å². The molecule has 35 heavy (non-hydrogen) atoms. The predicted octanol–water partition coefficient (Wildman–Crippen LogP) is 2.27. The summed E-state index contributed by atoms with van der Waals surface area (Å²) < 4.78 is 7.07. The molecule has 0 bridgehead atoms. The van der Waals surface area contributed by atoms with Crippen LogP contribution in [-0.4, -0.2) is 34.1 Å². The molecule has 2 aromatic heterocycles. The highest BCUT2D eigenvalue weighted by molar-refractivity contribution is 5.94. The first kappa shape index (κ1) is 23.0. The second-order valence-electron chi connectivity index (χ2n) is 9.31. The number of nitriles is 1. The number of benzene rings is 1. The number of carbonyl (C=O) groups excluding carboxylic acids is 1. The molecule has 1 fully saturated rings. The van der Waals surface area contributed by atoms with Crippen molar-refractivity contribution in [3.63, 3.8) is 0 Å². The van der Waals surface area contributed by atoms with Gasteiger partial charge in [-0.1, -0.05) is 6.07 Å². The van der Waals surface area contributed by atoms with E-state index in [0.717, 1.165) is 42.3 Å². The minimum atomic E-state index is -0.193. The fraction of sp³-hybridized carbons (Fsp3) is 0.385. The molecular formula is C26H28N6O3. The average molecular weight is 473 g/mol. The summed E-state index contributed by atoms with van der Waals surface area (Å²) in [6.07, 6.45) is 3.94. The Labute approximate surface area is 202 Å². The quantitative estimate of drug-likeness (QED) is 0.501. The highest BCUT2D eigenvalue weighted by Gasteiger charge is 2.26. The first-order valence-electron chi connectivity index (χ1n) is 12.0. The summed E-state index contributed by atoms with van der Waals surface area (Å²) in [5.74, 6) is 1.20. The van der Waals surface area contributed by atoms with E-state index >= 15 is 0 Å². The molecule has 1 unspecified atom stereocenters. The number of rotatable bonds is 6. The number of aromatic nitrogens is 2. The molecule has 4 N–H and O–H groups in total. The zero-order valence-electron chi connectivity index (χ0n) is 19.4. The summed E-state index contributed by atoms with van der Waals surface area (Å²) >= 11 is 0. The number of amides is 1.